The summed E-state index contributed by atoms with van der Waals surface area (Å²) in [5.41, 5.74) is 6.79. The lowest BCUT2D eigenvalue weighted by molar-refractivity contribution is 0.1000. The number of carbonyl (C=O) groups excluding carboxylic acids is 1. The summed E-state index contributed by atoms with van der Waals surface area (Å²) in [4.78, 5) is 19.4. The average Bonchev–Trinajstić information content (AvgIpc) is 2.97. The monoisotopic (exact) mass is 344 g/mol. The minimum atomic E-state index is -0.533. The van der Waals surface area contributed by atoms with Gasteiger partial charge in [-0.3, -0.25) is 9.78 Å². The van der Waals surface area contributed by atoms with E-state index in [1.165, 1.54) is 6.20 Å². The van der Waals surface area contributed by atoms with Crippen LogP contribution in [0.5, 0.6) is 0 Å². The van der Waals surface area contributed by atoms with Crippen molar-refractivity contribution in [3.63, 3.8) is 0 Å². The molecule has 2 N–H and O–H groups in total. The van der Waals surface area contributed by atoms with Gasteiger partial charge in [0.2, 0.25) is 11.7 Å². The van der Waals surface area contributed by atoms with E-state index in [2.05, 4.69) is 31.1 Å². The molecule has 0 saturated carbocycles. The Bertz CT molecular complexity index is 799. The second kappa shape index (κ2) is 5.45. The fourth-order valence-electron chi connectivity index (χ4n) is 1.74. The molecule has 0 saturated heterocycles. The normalized spacial score (nSPS) is 10.5. The molecule has 0 atom stereocenters. The first-order valence-electron chi connectivity index (χ1n) is 5.99. The molecule has 0 aliphatic heterocycles. The Kier molecular flexibility index (Phi) is 3.49. The summed E-state index contributed by atoms with van der Waals surface area (Å²) in [6.45, 7) is 0. The third-order valence-electron chi connectivity index (χ3n) is 2.78. The summed E-state index contributed by atoms with van der Waals surface area (Å²) in [6, 6.07) is 10.7. The van der Waals surface area contributed by atoms with Crippen molar-refractivity contribution in [1.29, 1.82) is 0 Å². The number of halogens is 1. The van der Waals surface area contributed by atoms with Crippen molar-refractivity contribution >= 4 is 21.8 Å². The van der Waals surface area contributed by atoms with E-state index in [4.69, 9.17) is 10.3 Å². The standard InChI is InChI=1S/C14H9BrN4O2/c15-10-3-1-2-8(6-10)13-18-14(21-19-13)11-5-4-9(7-17-11)12(16)20/h1-7H,(H2,16,20). The van der Waals surface area contributed by atoms with Crippen molar-refractivity contribution in [3.8, 4) is 23.0 Å². The highest BCUT2D eigenvalue weighted by atomic mass is 79.9. The first-order valence-corrected chi connectivity index (χ1v) is 6.78. The van der Waals surface area contributed by atoms with E-state index in [0.717, 1.165) is 10.0 Å². The highest BCUT2D eigenvalue weighted by Gasteiger charge is 2.12. The van der Waals surface area contributed by atoms with Crippen LogP contribution in [0.2, 0.25) is 0 Å². The van der Waals surface area contributed by atoms with E-state index < -0.39 is 5.91 Å². The van der Waals surface area contributed by atoms with E-state index in [9.17, 15) is 4.79 Å². The van der Waals surface area contributed by atoms with Crippen molar-refractivity contribution < 1.29 is 9.32 Å². The quantitative estimate of drug-likeness (QED) is 0.787. The van der Waals surface area contributed by atoms with Gasteiger partial charge in [-0.15, -0.1) is 0 Å². The van der Waals surface area contributed by atoms with Gasteiger partial charge in [-0.2, -0.15) is 4.98 Å². The van der Waals surface area contributed by atoms with Crippen LogP contribution in [-0.2, 0) is 0 Å². The molecule has 0 fully saturated rings. The molecule has 6 nitrogen and oxygen atoms in total. The zero-order chi connectivity index (χ0) is 14.8. The third kappa shape index (κ3) is 2.82. The Morgan fingerprint density at radius 2 is 2.10 bits per heavy atom. The molecule has 104 valence electrons. The number of hydrogen-bond acceptors (Lipinski definition) is 5. The number of amides is 1. The predicted octanol–water partition coefficient (Wildman–Crippen LogP) is 2.66. The Morgan fingerprint density at radius 3 is 2.76 bits per heavy atom. The summed E-state index contributed by atoms with van der Waals surface area (Å²) in [5.74, 6) is 0.211. The van der Waals surface area contributed by atoms with Crippen LogP contribution in [0, 0.1) is 0 Å². The number of carbonyl (C=O) groups is 1. The molecular formula is C14H9BrN4O2. The number of rotatable bonds is 3. The fourth-order valence-corrected chi connectivity index (χ4v) is 2.14. The maximum atomic E-state index is 11.0. The number of primary amides is 1. The summed E-state index contributed by atoms with van der Waals surface area (Å²) >= 11 is 3.39. The van der Waals surface area contributed by atoms with E-state index in [-0.39, 0.29) is 5.89 Å². The van der Waals surface area contributed by atoms with Crippen LogP contribution in [0.1, 0.15) is 10.4 Å². The molecular weight excluding hydrogens is 336 g/mol. The van der Waals surface area contributed by atoms with Gasteiger partial charge in [0.05, 0.1) is 5.56 Å². The van der Waals surface area contributed by atoms with Crippen molar-refractivity contribution in [3.05, 3.63) is 52.6 Å². The Balaban J connectivity index is 1.93. The van der Waals surface area contributed by atoms with Crippen molar-refractivity contribution in [2.24, 2.45) is 5.73 Å². The summed E-state index contributed by atoms with van der Waals surface area (Å²) in [7, 11) is 0. The molecule has 2 heterocycles. The molecule has 1 amide bonds. The van der Waals surface area contributed by atoms with Crippen molar-refractivity contribution in [1.82, 2.24) is 15.1 Å². The van der Waals surface area contributed by atoms with Crippen LogP contribution in [0.3, 0.4) is 0 Å². The average molecular weight is 345 g/mol. The molecule has 21 heavy (non-hydrogen) atoms. The highest BCUT2D eigenvalue weighted by Crippen LogP contribution is 2.23. The number of aromatic nitrogens is 3. The maximum absolute atomic E-state index is 11.0. The topological polar surface area (TPSA) is 94.9 Å². The first-order chi connectivity index (χ1) is 10.1. The Morgan fingerprint density at radius 1 is 1.24 bits per heavy atom. The first kappa shape index (κ1) is 13.4. The Labute approximate surface area is 128 Å². The molecule has 0 spiro atoms. The number of hydrogen-bond donors (Lipinski definition) is 1. The van der Waals surface area contributed by atoms with Crippen LogP contribution in [0.15, 0.2) is 51.6 Å². The van der Waals surface area contributed by atoms with Gasteiger partial charge in [-0.25, -0.2) is 0 Å². The molecule has 1 aromatic carbocycles. The lowest BCUT2D eigenvalue weighted by Crippen LogP contribution is -2.10. The zero-order valence-electron chi connectivity index (χ0n) is 10.7. The van der Waals surface area contributed by atoms with E-state index in [0.29, 0.717) is 17.1 Å². The molecule has 0 aliphatic rings. The lowest BCUT2D eigenvalue weighted by atomic mass is 10.2. The van der Waals surface area contributed by atoms with Crippen molar-refractivity contribution in [2.45, 2.75) is 0 Å². The van der Waals surface area contributed by atoms with E-state index >= 15 is 0 Å². The second-order valence-corrected chi connectivity index (χ2v) is 5.15. The molecule has 0 radical (unpaired) electrons. The predicted molar refractivity (Wildman–Crippen MR) is 79.2 cm³/mol. The molecule has 0 bridgehead atoms. The summed E-state index contributed by atoms with van der Waals surface area (Å²) in [6.07, 6.45) is 1.38. The number of pyridine rings is 1. The van der Waals surface area contributed by atoms with Crippen LogP contribution in [-0.4, -0.2) is 21.0 Å². The van der Waals surface area contributed by atoms with Crippen LogP contribution in [0.25, 0.3) is 23.0 Å². The van der Waals surface area contributed by atoms with Gasteiger partial charge < -0.3 is 10.3 Å². The minimum Gasteiger partial charge on any atom is -0.366 e. The van der Waals surface area contributed by atoms with Gasteiger partial charge >= 0.3 is 0 Å². The smallest absolute Gasteiger partial charge is 0.276 e. The summed E-state index contributed by atoms with van der Waals surface area (Å²) in [5, 5.41) is 3.92. The van der Waals surface area contributed by atoms with E-state index in [1.807, 2.05) is 24.3 Å². The van der Waals surface area contributed by atoms with Crippen LogP contribution >= 0.6 is 15.9 Å². The second-order valence-electron chi connectivity index (χ2n) is 4.23. The molecule has 7 heteroatoms. The van der Waals surface area contributed by atoms with E-state index in [1.54, 1.807) is 12.1 Å². The summed E-state index contributed by atoms with van der Waals surface area (Å²) < 4.78 is 6.12. The van der Waals surface area contributed by atoms with Gasteiger partial charge in [-0.1, -0.05) is 33.2 Å². The van der Waals surface area contributed by atoms with Crippen molar-refractivity contribution in [2.75, 3.05) is 0 Å². The number of benzene rings is 1. The SMILES string of the molecule is NC(=O)c1ccc(-c2nc(-c3cccc(Br)c3)no2)nc1. The van der Waals surface area contributed by atoms with Crippen LogP contribution in [0.4, 0.5) is 0 Å². The van der Waals surface area contributed by atoms with Crippen LogP contribution < -0.4 is 5.73 Å². The lowest BCUT2D eigenvalue weighted by Gasteiger charge is -1.96. The molecule has 3 rings (SSSR count). The Hall–Kier alpha value is -2.54. The number of nitrogens with two attached hydrogens (primary N) is 1. The van der Waals surface area contributed by atoms with Gasteiger partial charge in [0.25, 0.3) is 5.89 Å². The largest absolute Gasteiger partial charge is 0.366 e. The molecule has 0 unspecified atom stereocenters. The van der Waals surface area contributed by atoms with Gasteiger partial charge in [0.1, 0.15) is 5.69 Å². The van der Waals surface area contributed by atoms with Gasteiger partial charge in [0, 0.05) is 16.2 Å². The number of nitrogens with zero attached hydrogens (tertiary/aromatic N) is 3. The molecule has 3 aromatic rings. The maximum Gasteiger partial charge on any atom is 0.276 e. The fraction of sp³-hybridized carbons (Fsp3) is 0. The van der Waals surface area contributed by atoms with Gasteiger partial charge in [0.15, 0.2) is 0 Å². The third-order valence-corrected chi connectivity index (χ3v) is 3.27. The molecule has 0 aliphatic carbocycles. The highest BCUT2D eigenvalue weighted by molar-refractivity contribution is 9.10. The minimum absolute atomic E-state index is 0.279. The van der Waals surface area contributed by atoms with Gasteiger partial charge in [-0.05, 0) is 24.3 Å². The zero-order valence-corrected chi connectivity index (χ0v) is 12.2. The molecule has 2 aromatic heterocycles.